The summed E-state index contributed by atoms with van der Waals surface area (Å²) < 4.78 is 23.4. The van der Waals surface area contributed by atoms with Crippen LogP contribution in [0.5, 0.6) is 5.75 Å². The van der Waals surface area contributed by atoms with Gasteiger partial charge in [0, 0.05) is 5.56 Å². The Labute approximate surface area is 102 Å². The standard InChI is InChI=1S/C11H10ClFN2O2/c1-6(12)10-14-15-11(17-10)7-3-4-8(13)9(5-7)16-2/h3-6H,1-2H3. The lowest BCUT2D eigenvalue weighted by Gasteiger charge is -2.02. The topological polar surface area (TPSA) is 48.2 Å². The lowest BCUT2D eigenvalue weighted by Crippen LogP contribution is -1.88. The van der Waals surface area contributed by atoms with E-state index in [4.69, 9.17) is 20.8 Å². The molecule has 0 amide bonds. The van der Waals surface area contributed by atoms with Crippen molar-refractivity contribution >= 4 is 11.6 Å². The van der Waals surface area contributed by atoms with E-state index in [1.165, 1.54) is 25.3 Å². The van der Waals surface area contributed by atoms with Crippen LogP contribution in [0.2, 0.25) is 0 Å². The van der Waals surface area contributed by atoms with Crippen LogP contribution in [-0.4, -0.2) is 17.3 Å². The van der Waals surface area contributed by atoms with E-state index in [0.29, 0.717) is 11.5 Å². The van der Waals surface area contributed by atoms with Gasteiger partial charge in [-0.3, -0.25) is 0 Å². The Bertz CT molecular complexity index is 528. The summed E-state index contributed by atoms with van der Waals surface area (Å²) >= 11 is 5.81. The van der Waals surface area contributed by atoms with Crippen LogP contribution in [0.1, 0.15) is 18.2 Å². The molecule has 1 atom stereocenters. The number of alkyl halides is 1. The molecule has 4 nitrogen and oxygen atoms in total. The van der Waals surface area contributed by atoms with Gasteiger partial charge in [-0.05, 0) is 25.1 Å². The Balaban J connectivity index is 2.38. The highest BCUT2D eigenvalue weighted by atomic mass is 35.5. The number of nitrogens with zero attached hydrogens (tertiary/aromatic N) is 2. The maximum Gasteiger partial charge on any atom is 0.247 e. The SMILES string of the molecule is COc1cc(-c2nnc(C(C)Cl)o2)ccc1F. The lowest BCUT2D eigenvalue weighted by molar-refractivity contribution is 0.386. The minimum atomic E-state index is -0.443. The number of hydrogen-bond acceptors (Lipinski definition) is 4. The fraction of sp³-hybridized carbons (Fsp3) is 0.273. The number of methoxy groups -OCH3 is 1. The molecule has 0 radical (unpaired) electrons. The van der Waals surface area contributed by atoms with Crippen LogP contribution in [0.15, 0.2) is 22.6 Å². The van der Waals surface area contributed by atoms with E-state index in [0.717, 1.165) is 0 Å². The Kier molecular flexibility index (Phi) is 3.28. The zero-order chi connectivity index (χ0) is 12.4. The molecule has 0 bridgehead atoms. The molecule has 1 aromatic heterocycles. The van der Waals surface area contributed by atoms with Gasteiger partial charge in [0.05, 0.1) is 7.11 Å². The summed E-state index contributed by atoms with van der Waals surface area (Å²) in [7, 11) is 1.39. The molecular weight excluding hydrogens is 247 g/mol. The molecular formula is C11H10ClFN2O2. The third-order valence-corrected chi connectivity index (χ3v) is 2.37. The average molecular weight is 257 g/mol. The summed E-state index contributed by atoms with van der Waals surface area (Å²) in [4.78, 5) is 0. The zero-order valence-electron chi connectivity index (χ0n) is 9.28. The van der Waals surface area contributed by atoms with Gasteiger partial charge in [0.25, 0.3) is 0 Å². The predicted molar refractivity (Wildman–Crippen MR) is 60.5 cm³/mol. The normalized spacial score (nSPS) is 12.5. The molecule has 0 saturated heterocycles. The Morgan fingerprint density at radius 2 is 2.18 bits per heavy atom. The second-order valence-corrected chi connectivity index (χ2v) is 4.07. The molecule has 2 aromatic rings. The van der Waals surface area contributed by atoms with Crippen molar-refractivity contribution in [2.45, 2.75) is 12.3 Å². The molecule has 1 aromatic carbocycles. The molecule has 2 rings (SSSR count). The fourth-order valence-corrected chi connectivity index (χ4v) is 1.39. The third kappa shape index (κ3) is 2.39. The molecule has 0 aliphatic carbocycles. The van der Waals surface area contributed by atoms with E-state index in [1.807, 2.05) is 0 Å². The van der Waals surface area contributed by atoms with Gasteiger partial charge in [-0.2, -0.15) is 0 Å². The highest BCUT2D eigenvalue weighted by Gasteiger charge is 2.14. The van der Waals surface area contributed by atoms with Crippen LogP contribution >= 0.6 is 11.6 Å². The van der Waals surface area contributed by atoms with Crippen molar-refractivity contribution in [3.63, 3.8) is 0 Å². The van der Waals surface area contributed by atoms with Crippen LogP contribution in [0.3, 0.4) is 0 Å². The first kappa shape index (κ1) is 11.9. The predicted octanol–water partition coefficient (Wildman–Crippen LogP) is 3.18. The van der Waals surface area contributed by atoms with Gasteiger partial charge in [-0.15, -0.1) is 21.8 Å². The molecule has 0 spiro atoms. The highest BCUT2D eigenvalue weighted by Crippen LogP contribution is 2.27. The summed E-state index contributed by atoms with van der Waals surface area (Å²) in [5.74, 6) is 0.290. The van der Waals surface area contributed by atoms with Gasteiger partial charge in [0.15, 0.2) is 11.6 Å². The number of aromatic nitrogens is 2. The molecule has 1 unspecified atom stereocenters. The van der Waals surface area contributed by atoms with Crippen LogP contribution in [0, 0.1) is 5.82 Å². The number of ether oxygens (including phenoxy) is 1. The Morgan fingerprint density at radius 1 is 1.41 bits per heavy atom. The minimum Gasteiger partial charge on any atom is -0.494 e. The van der Waals surface area contributed by atoms with Gasteiger partial charge in [0.2, 0.25) is 11.8 Å². The summed E-state index contributed by atoms with van der Waals surface area (Å²) in [5.41, 5.74) is 0.583. The van der Waals surface area contributed by atoms with Crippen molar-refractivity contribution < 1.29 is 13.5 Å². The molecule has 6 heteroatoms. The molecule has 1 heterocycles. The molecule has 17 heavy (non-hydrogen) atoms. The number of rotatable bonds is 3. The highest BCUT2D eigenvalue weighted by molar-refractivity contribution is 6.20. The first-order valence-electron chi connectivity index (χ1n) is 4.93. The van der Waals surface area contributed by atoms with E-state index < -0.39 is 5.82 Å². The van der Waals surface area contributed by atoms with Crippen molar-refractivity contribution in [3.8, 4) is 17.2 Å². The molecule has 0 N–H and O–H groups in total. The van der Waals surface area contributed by atoms with Gasteiger partial charge >= 0.3 is 0 Å². The second kappa shape index (κ2) is 4.71. The molecule has 0 aliphatic rings. The molecule has 0 aliphatic heterocycles. The summed E-state index contributed by atoms with van der Waals surface area (Å²) in [6.45, 7) is 1.73. The Hall–Kier alpha value is -1.62. The van der Waals surface area contributed by atoms with Crippen molar-refractivity contribution in [1.29, 1.82) is 0 Å². The van der Waals surface area contributed by atoms with Gasteiger partial charge < -0.3 is 9.15 Å². The smallest absolute Gasteiger partial charge is 0.247 e. The first-order valence-corrected chi connectivity index (χ1v) is 5.37. The molecule has 0 saturated carbocycles. The van der Waals surface area contributed by atoms with Crippen LogP contribution in [-0.2, 0) is 0 Å². The quantitative estimate of drug-likeness (QED) is 0.792. The van der Waals surface area contributed by atoms with Crippen molar-refractivity contribution in [3.05, 3.63) is 29.9 Å². The fourth-order valence-electron chi connectivity index (χ4n) is 1.30. The van der Waals surface area contributed by atoms with Crippen molar-refractivity contribution in [2.24, 2.45) is 0 Å². The van der Waals surface area contributed by atoms with E-state index in [9.17, 15) is 4.39 Å². The van der Waals surface area contributed by atoms with E-state index in [2.05, 4.69) is 10.2 Å². The van der Waals surface area contributed by atoms with Crippen LogP contribution < -0.4 is 4.74 Å². The summed E-state index contributed by atoms with van der Waals surface area (Å²) in [6, 6.07) is 4.31. The lowest BCUT2D eigenvalue weighted by atomic mass is 10.2. The van der Waals surface area contributed by atoms with Gasteiger partial charge in [0.1, 0.15) is 5.38 Å². The van der Waals surface area contributed by atoms with E-state index in [1.54, 1.807) is 6.92 Å². The summed E-state index contributed by atoms with van der Waals surface area (Å²) in [6.07, 6.45) is 0. The third-order valence-electron chi connectivity index (χ3n) is 2.18. The monoisotopic (exact) mass is 256 g/mol. The van der Waals surface area contributed by atoms with E-state index in [-0.39, 0.29) is 17.0 Å². The number of halogens is 2. The van der Waals surface area contributed by atoms with Gasteiger partial charge in [-0.25, -0.2) is 4.39 Å². The van der Waals surface area contributed by atoms with Gasteiger partial charge in [-0.1, -0.05) is 0 Å². The van der Waals surface area contributed by atoms with Crippen molar-refractivity contribution in [2.75, 3.05) is 7.11 Å². The van der Waals surface area contributed by atoms with Crippen LogP contribution in [0.25, 0.3) is 11.5 Å². The average Bonchev–Trinajstić information content (AvgIpc) is 2.79. The summed E-state index contributed by atoms with van der Waals surface area (Å²) in [5, 5.41) is 7.26. The number of benzene rings is 1. The van der Waals surface area contributed by atoms with E-state index >= 15 is 0 Å². The zero-order valence-corrected chi connectivity index (χ0v) is 10.0. The molecule has 0 fully saturated rings. The maximum absolute atomic E-state index is 13.2. The molecule has 90 valence electrons. The van der Waals surface area contributed by atoms with Crippen molar-refractivity contribution in [1.82, 2.24) is 10.2 Å². The largest absolute Gasteiger partial charge is 0.494 e. The first-order chi connectivity index (χ1) is 8.11. The maximum atomic E-state index is 13.2. The minimum absolute atomic E-state index is 0.126. The Morgan fingerprint density at radius 3 is 2.76 bits per heavy atom. The second-order valence-electron chi connectivity index (χ2n) is 3.41. The number of hydrogen-bond donors (Lipinski definition) is 0. The van der Waals surface area contributed by atoms with Crippen LogP contribution in [0.4, 0.5) is 4.39 Å².